The molecule has 4 heteroatoms. The Morgan fingerprint density at radius 1 is 1.00 bits per heavy atom. The molecule has 0 aliphatic heterocycles. The molecule has 0 bridgehead atoms. The molecular weight excluding hydrogens is 336 g/mol. The zero-order valence-corrected chi connectivity index (χ0v) is 13.5. The van der Waals surface area contributed by atoms with E-state index in [0.717, 1.165) is 23.0 Å². The Kier molecular flexibility index (Phi) is 5.88. The molecule has 1 unspecified atom stereocenters. The molecule has 1 atom stereocenters. The largest absolute Gasteiger partial charge is 0.314 e. The summed E-state index contributed by atoms with van der Waals surface area (Å²) in [5.41, 5.74) is 1.29. The minimum absolute atomic E-state index is 0.00238. The van der Waals surface area contributed by atoms with E-state index in [2.05, 4.69) is 21.2 Å². The summed E-state index contributed by atoms with van der Waals surface area (Å²) in [6, 6.07) is 12.0. The van der Waals surface area contributed by atoms with Crippen molar-refractivity contribution in [3.63, 3.8) is 0 Å². The molecule has 0 aliphatic rings. The highest BCUT2D eigenvalue weighted by molar-refractivity contribution is 9.10. The number of hydrogen-bond donors (Lipinski definition) is 1. The van der Waals surface area contributed by atoms with Gasteiger partial charge in [-0.2, -0.15) is 0 Å². The summed E-state index contributed by atoms with van der Waals surface area (Å²) >= 11 is 3.40. The van der Waals surface area contributed by atoms with Crippen LogP contribution in [0.2, 0.25) is 0 Å². The molecule has 0 spiro atoms. The maximum absolute atomic E-state index is 13.8. The third kappa shape index (κ3) is 4.61. The number of halogens is 3. The van der Waals surface area contributed by atoms with Gasteiger partial charge in [0.2, 0.25) is 0 Å². The van der Waals surface area contributed by atoms with E-state index in [4.69, 9.17) is 0 Å². The fourth-order valence-corrected chi connectivity index (χ4v) is 2.65. The Bertz CT molecular complexity index is 564. The van der Waals surface area contributed by atoms with E-state index in [1.165, 1.54) is 18.2 Å². The van der Waals surface area contributed by atoms with Gasteiger partial charge in [-0.05, 0) is 49.2 Å². The topological polar surface area (TPSA) is 12.0 Å². The molecule has 0 heterocycles. The van der Waals surface area contributed by atoms with E-state index >= 15 is 0 Å². The maximum atomic E-state index is 13.8. The summed E-state index contributed by atoms with van der Waals surface area (Å²) in [5, 5.41) is 3.30. The van der Waals surface area contributed by atoms with Gasteiger partial charge in [0.05, 0.1) is 0 Å². The standard InChI is InChI=1S/C17H18BrF2N/c1-2-21-14(10-12-6-8-13(18)9-7-12)11-15-16(19)4-3-5-17(15)20/h3-9,14,21H,2,10-11H2,1H3. The first kappa shape index (κ1) is 16.1. The van der Waals surface area contributed by atoms with E-state index in [0.29, 0.717) is 6.42 Å². The molecular formula is C17H18BrF2N. The summed E-state index contributed by atoms with van der Waals surface area (Å²) < 4.78 is 28.6. The molecule has 2 aromatic carbocycles. The smallest absolute Gasteiger partial charge is 0.129 e. The first-order valence-corrected chi connectivity index (χ1v) is 7.80. The minimum atomic E-state index is -0.478. The molecule has 0 saturated heterocycles. The van der Waals surface area contributed by atoms with Crippen LogP contribution in [-0.4, -0.2) is 12.6 Å². The van der Waals surface area contributed by atoms with Crippen LogP contribution in [0.4, 0.5) is 8.78 Å². The van der Waals surface area contributed by atoms with Gasteiger partial charge in [0.1, 0.15) is 11.6 Å². The predicted molar refractivity (Wildman–Crippen MR) is 85.4 cm³/mol. The number of nitrogens with one attached hydrogen (secondary N) is 1. The fourth-order valence-electron chi connectivity index (χ4n) is 2.38. The summed E-state index contributed by atoms with van der Waals surface area (Å²) in [4.78, 5) is 0. The maximum Gasteiger partial charge on any atom is 0.129 e. The van der Waals surface area contributed by atoms with Crippen molar-refractivity contribution in [3.8, 4) is 0 Å². The highest BCUT2D eigenvalue weighted by Gasteiger charge is 2.15. The fraction of sp³-hybridized carbons (Fsp3) is 0.294. The van der Waals surface area contributed by atoms with Crippen LogP contribution < -0.4 is 5.32 Å². The highest BCUT2D eigenvalue weighted by Crippen LogP contribution is 2.17. The minimum Gasteiger partial charge on any atom is -0.314 e. The number of benzene rings is 2. The average molecular weight is 354 g/mol. The van der Waals surface area contributed by atoms with Crippen molar-refractivity contribution in [1.29, 1.82) is 0 Å². The molecule has 0 fully saturated rings. The monoisotopic (exact) mass is 353 g/mol. The quantitative estimate of drug-likeness (QED) is 0.806. The second kappa shape index (κ2) is 7.66. The van der Waals surface area contributed by atoms with Crippen molar-refractivity contribution in [2.75, 3.05) is 6.54 Å². The van der Waals surface area contributed by atoms with E-state index in [1.54, 1.807) is 0 Å². The Hall–Kier alpha value is -1.26. The van der Waals surface area contributed by atoms with Gasteiger partial charge in [0.25, 0.3) is 0 Å². The van der Waals surface area contributed by atoms with E-state index in [1.807, 2.05) is 31.2 Å². The van der Waals surface area contributed by atoms with Gasteiger partial charge < -0.3 is 5.32 Å². The van der Waals surface area contributed by atoms with Crippen molar-refractivity contribution in [3.05, 3.63) is 69.7 Å². The molecule has 21 heavy (non-hydrogen) atoms. The molecule has 0 amide bonds. The first-order valence-electron chi connectivity index (χ1n) is 7.01. The van der Waals surface area contributed by atoms with Crippen LogP contribution in [0.1, 0.15) is 18.1 Å². The number of hydrogen-bond acceptors (Lipinski definition) is 1. The molecule has 1 nitrogen and oxygen atoms in total. The van der Waals surface area contributed by atoms with E-state index in [9.17, 15) is 8.78 Å². The van der Waals surface area contributed by atoms with Gasteiger partial charge in [0, 0.05) is 16.1 Å². The Morgan fingerprint density at radius 3 is 2.19 bits per heavy atom. The van der Waals surface area contributed by atoms with Gasteiger partial charge in [-0.3, -0.25) is 0 Å². The molecule has 0 radical (unpaired) electrons. The van der Waals surface area contributed by atoms with Gasteiger partial charge in [-0.1, -0.05) is 41.1 Å². The first-order chi connectivity index (χ1) is 10.1. The number of rotatable bonds is 6. The van der Waals surface area contributed by atoms with Crippen LogP contribution in [-0.2, 0) is 12.8 Å². The van der Waals surface area contributed by atoms with Gasteiger partial charge in [0.15, 0.2) is 0 Å². The van der Waals surface area contributed by atoms with Crippen molar-refractivity contribution in [1.82, 2.24) is 5.32 Å². The van der Waals surface area contributed by atoms with Crippen LogP contribution in [0.3, 0.4) is 0 Å². The van der Waals surface area contributed by atoms with Crippen LogP contribution in [0.15, 0.2) is 46.9 Å². The van der Waals surface area contributed by atoms with Crippen LogP contribution >= 0.6 is 15.9 Å². The summed E-state index contributed by atoms with van der Waals surface area (Å²) in [5.74, 6) is -0.956. The normalized spacial score (nSPS) is 12.4. The second-order valence-corrected chi connectivity index (χ2v) is 5.91. The van der Waals surface area contributed by atoms with Crippen molar-refractivity contribution in [2.24, 2.45) is 0 Å². The second-order valence-electron chi connectivity index (χ2n) is 4.99. The lowest BCUT2D eigenvalue weighted by atomic mass is 9.98. The van der Waals surface area contributed by atoms with Gasteiger partial charge in [-0.15, -0.1) is 0 Å². The molecule has 112 valence electrons. The predicted octanol–water partition coefficient (Wildman–Crippen LogP) is 4.49. The summed E-state index contributed by atoms with van der Waals surface area (Å²) in [6.45, 7) is 2.75. The highest BCUT2D eigenvalue weighted by atomic mass is 79.9. The van der Waals surface area contributed by atoms with Crippen molar-refractivity contribution < 1.29 is 8.78 Å². The third-order valence-electron chi connectivity index (χ3n) is 3.40. The van der Waals surface area contributed by atoms with E-state index < -0.39 is 11.6 Å². The molecule has 0 aromatic heterocycles. The summed E-state index contributed by atoms with van der Waals surface area (Å²) in [6.07, 6.45) is 1.07. The van der Waals surface area contributed by atoms with Crippen molar-refractivity contribution in [2.45, 2.75) is 25.8 Å². The van der Waals surface area contributed by atoms with Crippen LogP contribution in [0, 0.1) is 11.6 Å². The molecule has 0 aliphatic carbocycles. The van der Waals surface area contributed by atoms with Gasteiger partial charge >= 0.3 is 0 Å². The number of likely N-dealkylation sites (N-methyl/N-ethyl adjacent to an activating group) is 1. The van der Waals surface area contributed by atoms with Crippen LogP contribution in [0.5, 0.6) is 0 Å². The zero-order valence-electron chi connectivity index (χ0n) is 11.9. The van der Waals surface area contributed by atoms with E-state index in [-0.39, 0.29) is 11.6 Å². The molecule has 1 N–H and O–H groups in total. The Morgan fingerprint density at radius 2 is 1.62 bits per heavy atom. The molecule has 0 saturated carbocycles. The lowest BCUT2D eigenvalue weighted by molar-refractivity contribution is 0.484. The van der Waals surface area contributed by atoms with Gasteiger partial charge in [-0.25, -0.2) is 8.78 Å². The van der Waals surface area contributed by atoms with Crippen LogP contribution in [0.25, 0.3) is 0 Å². The average Bonchev–Trinajstić information content (AvgIpc) is 2.45. The SMILES string of the molecule is CCNC(Cc1ccc(Br)cc1)Cc1c(F)cccc1F. The third-order valence-corrected chi connectivity index (χ3v) is 3.93. The lowest BCUT2D eigenvalue weighted by Gasteiger charge is -2.19. The summed E-state index contributed by atoms with van der Waals surface area (Å²) in [7, 11) is 0. The van der Waals surface area contributed by atoms with Crippen molar-refractivity contribution >= 4 is 15.9 Å². The Balaban J connectivity index is 2.13. The Labute approximate surface area is 132 Å². The lowest BCUT2D eigenvalue weighted by Crippen LogP contribution is -2.33. The molecule has 2 rings (SSSR count). The molecule has 2 aromatic rings. The zero-order chi connectivity index (χ0) is 15.2.